The summed E-state index contributed by atoms with van der Waals surface area (Å²) in [5.41, 5.74) is 2.75. The number of hydrogen-bond donors (Lipinski definition) is 2. The van der Waals surface area contributed by atoms with Gasteiger partial charge in [-0.1, -0.05) is 12.1 Å². The maximum atomic E-state index is 13.4. The van der Waals surface area contributed by atoms with Crippen LogP contribution in [0.4, 0.5) is 24.5 Å². The largest absolute Gasteiger partial charge is 0.416 e. The van der Waals surface area contributed by atoms with Crippen LogP contribution in [0.2, 0.25) is 0 Å². The second-order valence-corrected chi connectivity index (χ2v) is 7.98. The molecule has 0 saturated carbocycles. The first-order valence-corrected chi connectivity index (χ1v) is 10.5. The SMILES string of the molecule is Cc1c([C@@H](C)Nc2c(C#N)cnc3ccc(N4CCNCC4)cc23)cccc1C(F)(F)F. The van der Waals surface area contributed by atoms with Gasteiger partial charge in [0.05, 0.1) is 22.3 Å². The molecule has 1 fully saturated rings. The Balaban J connectivity index is 1.76. The zero-order chi connectivity index (χ0) is 22.9. The summed E-state index contributed by atoms with van der Waals surface area (Å²) in [5.74, 6) is 0. The molecule has 166 valence electrons. The van der Waals surface area contributed by atoms with E-state index in [0.29, 0.717) is 16.8 Å². The Bertz CT molecular complexity index is 1180. The van der Waals surface area contributed by atoms with Crippen LogP contribution in [0.15, 0.2) is 42.6 Å². The molecule has 2 aromatic carbocycles. The van der Waals surface area contributed by atoms with E-state index in [1.54, 1.807) is 13.0 Å². The van der Waals surface area contributed by atoms with E-state index in [2.05, 4.69) is 26.6 Å². The van der Waals surface area contributed by atoms with Crippen molar-refractivity contribution in [2.75, 3.05) is 36.4 Å². The maximum Gasteiger partial charge on any atom is 0.416 e. The van der Waals surface area contributed by atoms with Crippen molar-refractivity contribution in [1.29, 1.82) is 5.26 Å². The van der Waals surface area contributed by atoms with Crippen LogP contribution in [0.3, 0.4) is 0 Å². The normalized spacial score (nSPS) is 15.4. The number of hydrogen-bond acceptors (Lipinski definition) is 5. The van der Waals surface area contributed by atoms with Gasteiger partial charge in [-0.15, -0.1) is 0 Å². The van der Waals surface area contributed by atoms with Crippen molar-refractivity contribution in [2.45, 2.75) is 26.1 Å². The highest BCUT2D eigenvalue weighted by Crippen LogP contribution is 2.37. The Morgan fingerprint density at radius 2 is 1.94 bits per heavy atom. The van der Waals surface area contributed by atoms with Crippen molar-refractivity contribution in [3.63, 3.8) is 0 Å². The van der Waals surface area contributed by atoms with Crippen molar-refractivity contribution in [3.05, 3.63) is 64.8 Å². The van der Waals surface area contributed by atoms with Crippen LogP contribution in [0.5, 0.6) is 0 Å². The van der Waals surface area contributed by atoms with Crippen molar-refractivity contribution in [1.82, 2.24) is 10.3 Å². The Kier molecular flexibility index (Phi) is 5.94. The summed E-state index contributed by atoms with van der Waals surface area (Å²) >= 11 is 0. The van der Waals surface area contributed by atoms with Gasteiger partial charge in [0.15, 0.2) is 0 Å². The molecule has 8 heteroatoms. The number of nitrogens with zero attached hydrogens (tertiary/aromatic N) is 3. The fraction of sp³-hybridized carbons (Fsp3) is 0.333. The van der Waals surface area contributed by atoms with E-state index in [1.165, 1.54) is 19.2 Å². The van der Waals surface area contributed by atoms with E-state index in [9.17, 15) is 18.4 Å². The third-order valence-corrected chi connectivity index (χ3v) is 5.96. The molecule has 32 heavy (non-hydrogen) atoms. The first kappa shape index (κ1) is 21.9. The van der Waals surface area contributed by atoms with E-state index in [-0.39, 0.29) is 5.56 Å². The van der Waals surface area contributed by atoms with Gasteiger partial charge >= 0.3 is 6.18 Å². The zero-order valence-corrected chi connectivity index (χ0v) is 17.9. The number of alkyl halides is 3. The molecule has 0 spiro atoms. The van der Waals surface area contributed by atoms with E-state index in [4.69, 9.17) is 0 Å². The Morgan fingerprint density at radius 1 is 1.19 bits per heavy atom. The minimum atomic E-state index is -4.42. The number of aromatic nitrogens is 1. The lowest BCUT2D eigenvalue weighted by molar-refractivity contribution is -0.138. The number of halogens is 3. The van der Waals surface area contributed by atoms with Crippen molar-refractivity contribution in [3.8, 4) is 6.07 Å². The highest BCUT2D eigenvalue weighted by Gasteiger charge is 2.33. The van der Waals surface area contributed by atoms with Crippen LogP contribution in [0, 0.1) is 18.3 Å². The molecular formula is C24H24F3N5. The molecule has 2 N–H and O–H groups in total. The molecule has 0 bridgehead atoms. The molecule has 2 heterocycles. The van der Waals surface area contributed by atoms with E-state index >= 15 is 0 Å². The maximum absolute atomic E-state index is 13.4. The molecule has 1 aromatic heterocycles. The lowest BCUT2D eigenvalue weighted by Gasteiger charge is -2.30. The molecule has 0 amide bonds. The van der Waals surface area contributed by atoms with Gasteiger partial charge in [-0.3, -0.25) is 4.98 Å². The number of piperazine rings is 1. The molecular weight excluding hydrogens is 415 g/mol. The summed E-state index contributed by atoms with van der Waals surface area (Å²) in [5, 5.41) is 17.1. The van der Waals surface area contributed by atoms with Gasteiger partial charge in [-0.2, -0.15) is 18.4 Å². The third kappa shape index (κ3) is 4.21. The van der Waals surface area contributed by atoms with Crippen molar-refractivity contribution >= 4 is 22.3 Å². The van der Waals surface area contributed by atoms with Crippen LogP contribution in [0.1, 0.15) is 35.2 Å². The smallest absolute Gasteiger partial charge is 0.377 e. The van der Waals surface area contributed by atoms with Crippen LogP contribution in [-0.4, -0.2) is 31.2 Å². The monoisotopic (exact) mass is 439 g/mol. The van der Waals surface area contributed by atoms with Crippen LogP contribution in [-0.2, 0) is 6.18 Å². The van der Waals surface area contributed by atoms with E-state index in [0.717, 1.165) is 48.8 Å². The predicted molar refractivity (Wildman–Crippen MR) is 120 cm³/mol. The zero-order valence-electron chi connectivity index (χ0n) is 17.9. The number of rotatable bonds is 4. The number of nitriles is 1. The van der Waals surface area contributed by atoms with Gasteiger partial charge in [0.1, 0.15) is 6.07 Å². The minimum absolute atomic E-state index is 0.179. The average Bonchev–Trinajstić information content (AvgIpc) is 2.79. The molecule has 1 aliphatic rings. The Morgan fingerprint density at radius 3 is 2.62 bits per heavy atom. The van der Waals surface area contributed by atoms with E-state index < -0.39 is 17.8 Å². The van der Waals surface area contributed by atoms with Crippen LogP contribution < -0.4 is 15.5 Å². The number of nitrogens with one attached hydrogen (secondary N) is 2. The number of anilines is 2. The molecule has 3 aromatic rings. The second kappa shape index (κ2) is 8.67. The summed E-state index contributed by atoms with van der Waals surface area (Å²) in [4.78, 5) is 6.66. The Hall–Kier alpha value is -3.31. The molecule has 0 unspecified atom stereocenters. The predicted octanol–water partition coefficient (Wildman–Crippen LogP) is 5.02. The van der Waals surface area contributed by atoms with Gasteiger partial charge in [0, 0.05) is 49.5 Å². The van der Waals surface area contributed by atoms with Gasteiger partial charge in [-0.25, -0.2) is 0 Å². The number of pyridine rings is 1. The topological polar surface area (TPSA) is 64.0 Å². The van der Waals surface area contributed by atoms with Gasteiger partial charge in [0.2, 0.25) is 0 Å². The van der Waals surface area contributed by atoms with Gasteiger partial charge in [-0.05, 0) is 49.2 Å². The average molecular weight is 439 g/mol. The lowest BCUT2D eigenvalue weighted by Crippen LogP contribution is -2.43. The molecule has 5 nitrogen and oxygen atoms in total. The highest BCUT2D eigenvalue weighted by atomic mass is 19.4. The van der Waals surface area contributed by atoms with Crippen molar-refractivity contribution < 1.29 is 13.2 Å². The first-order chi connectivity index (χ1) is 15.3. The van der Waals surface area contributed by atoms with Crippen molar-refractivity contribution in [2.24, 2.45) is 0 Å². The van der Waals surface area contributed by atoms with Gasteiger partial charge in [0.25, 0.3) is 0 Å². The molecule has 0 radical (unpaired) electrons. The molecule has 1 saturated heterocycles. The minimum Gasteiger partial charge on any atom is -0.377 e. The van der Waals surface area contributed by atoms with Crippen LogP contribution >= 0.6 is 0 Å². The van der Waals surface area contributed by atoms with E-state index in [1.807, 2.05) is 18.2 Å². The summed E-state index contributed by atoms with van der Waals surface area (Å²) in [6.07, 6.45) is -2.92. The standard InChI is InChI=1S/C24H24F3N5/c1-15-19(4-3-5-21(15)24(25,26)27)16(2)31-23-17(13-28)14-30-22-7-6-18(12-20(22)23)32-10-8-29-9-11-32/h3-7,12,14,16,29H,8-11H2,1-2H3,(H,30,31)/t16-/m1/s1. The molecule has 0 aliphatic carbocycles. The number of benzene rings is 2. The molecule has 1 aliphatic heterocycles. The molecule has 1 atom stereocenters. The Labute approximate surface area is 184 Å². The highest BCUT2D eigenvalue weighted by molar-refractivity contribution is 5.96. The number of fused-ring (bicyclic) bond motifs is 1. The second-order valence-electron chi connectivity index (χ2n) is 7.98. The summed E-state index contributed by atoms with van der Waals surface area (Å²) in [7, 11) is 0. The van der Waals surface area contributed by atoms with Gasteiger partial charge < -0.3 is 15.5 Å². The molecule has 4 rings (SSSR count). The fourth-order valence-corrected chi connectivity index (χ4v) is 4.26. The lowest BCUT2D eigenvalue weighted by atomic mass is 9.96. The van der Waals surface area contributed by atoms with Crippen LogP contribution in [0.25, 0.3) is 10.9 Å². The summed E-state index contributed by atoms with van der Waals surface area (Å²) < 4.78 is 40.2. The quantitative estimate of drug-likeness (QED) is 0.598. The summed E-state index contributed by atoms with van der Waals surface area (Å²) in [6, 6.07) is 11.8. The first-order valence-electron chi connectivity index (χ1n) is 10.5. The summed E-state index contributed by atoms with van der Waals surface area (Å²) in [6.45, 7) is 6.82. The fourth-order valence-electron chi connectivity index (χ4n) is 4.26. The third-order valence-electron chi connectivity index (χ3n) is 5.96.